The molecule has 0 radical (unpaired) electrons. The molecule has 4 nitrogen and oxygen atoms in total. The molecule has 1 atom stereocenters. The second kappa shape index (κ2) is 4.63. The first-order valence-electron chi connectivity index (χ1n) is 6.93. The van der Waals surface area contributed by atoms with Crippen LogP contribution in [0.4, 0.5) is 0 Å². The number of carbonyl (C=O) groups excluding carboxylic acids is 1. The van der Waals surface area contributed by atoms with Crippen LogP contribution in [-0.2, 0) is 0 Å². The van der Waals surface area contributed by atoms with E-state index in [1.54, 1.807) is 0 Å². The number of nitrogens with two attached hydrogens (primary N) is 1. The van der Waals surface area contributed by atoms with E-state index in [0.29, 0.717) is 18.5 Å². The van der Waals surface area contributed by atoms with Crippen LogP contribution in [0.5, 0.6) is 0 Å². The molecule has 0 aromatic carbocycles. The third-order valence-corrected chi connectivity index (χ3v) is 4.72. The van der Waals surface area contributed by atoms with Crippen LogP contribution in [0.2, 0.25) is 0 Å². The number of halogens is 1. The molecule has 0 bridgehead atoms. The maximum Gasteiger partial charge on any atom is 0.268 e. The van der Waals surface area contributed by atoms with E-state index < -0.39 is 0 Å². The van der Waals surface area contributed by atoms with Crippen LogP contribution in [-0.4, -0.2) is 22.6 Å². The molecule has 3 N–H and O–H groups in total. The molecule has 19 heavy (non-hydrogen) atoms. The third-order valence-electron chi connectivity index (χ3n) is 4.29. The number of nitrogens with zero attached hydrogens (tertiary/aromatic N) is 1. The summed E-state index contributed by atoms with van der Waals surface area (Å²) in [6.07, 6.45) is 6.67. The molecule has 1 amide bonds. The summed E-state index contributed by atoms with van der Waals surface area (Å²) in [6.45, 7) is 2.55. The zero-order chi connectivity index (χ0) is 13.6. The molecule has 2 aliphatic rings. The van der Waals surface area contributed by atoms with E-state index in [0.717, 1.165) is 23.0 Å². The van der Waals surface area contributed by atoms with Gasteiger partial charge in [0.15, 0.2) is 0 Å². The highest BCUT2D eigenvalue weighted by Crippen LogP contribution is 2.40. The smallest absolute Gasteiger partial charge is 0.268 e. The topological polar surface area (TPSA) is 60.0 Å². The average Bonchev–Trinajstić information content (AvgIpc) is 3.26. The second-order valence-electron chi connectivity index (χ2n) is 6.03. The largest absolute Gasteiger partial charge is 0.344 e. The van der Waals surface area contributed by atoms with Gasteiger partial charge in [0.05, 0.1) is 5.54 Å². The molecule has 2 saturated carbocycles. The Bertz CT molecular complexity index is 505. The van der Waals surface area contributed by atoms with E-state index in [2.05, 4.69) is 32.7 Å². The van der Waals surface area contributed by atoms with E-state index in [9.17, 15) is 4.79 Å². The first kappa shape index (κ1) is 13.2. The zero-order valence-electron chi connectivity index (χ0n) is 11.2. The summed E-state index contributed by atoms with van der Waals surface area (Å²) in [5.41, 5.74) is 6.34. The second-order valence-corrected chi connectivity index (χ2v) is 6.95. The highest BCUT2D eigenvalue weighted by Gasteiger charge is 2.42. The fraction of sp³-hybridized carbons (Fsp3) is 0.643. The first-order valence-corrected chi connectivity index (χ1v) is 7.73. The molecule has 1 unspecified atom stereocenters. The number of amides is 1. The Morgan fingerprint density at radius 1 is 1.53 bits per heavy atom. The summed E-state index contributed by atoms with van der Waals surface area (Å²) in [5, 5.41) is 3.15. The quantitative estimate of drug-likeness (QED) is 0.873. The molecule has 5 heteroatoms. The summed E-state index contributed by atoms with van der Waals surface area (Å²) in [4.78, 5) is 12.5. The molecule has 1 aromatic heterocycles. The fourth-order valence-corrected chi connectivity index (χ4v) is 3.08. The van der Waals surface area contributed by atoms with Crippen LogP contribution in [0.15, 0.2) is 16.7 Å². The van der Waals surface area contributed by atoms with Gasteiger partial charge in [-0.05, 0) is 60.5 Å². The molecule has 2 aliphatic carbocycles. The van der Waals surface area contributed by atoms with Crippen LogP contribution < -0.4 is 11.1 Å². The van der Waals surface area contributed by atoms with Gasteiger partial charge in [-0.15, -0.1) is 0 Å². The number of rotatable bonds is 5. The predicted octanol–water partition coefficient (Wildman–Crippen LogP) is 2.44. The molecular weight excluding hydrogens is 306 g/mol. The Labute approximate surface area is 121 Å². The first-order chi connectivity index (χ1) is 9.03. The maximum absolute atomic E-state index is 12.5. The molecule has 2 fully saturated rings. The van der Waals surface area contributed by atoms with Crippen molar-refractivity contribution < 1.29 is 4.79 Å². The van der Waals surface area contributed by atoms with Gasteiger partial charge in [0, 0.05) is 23.3 Å². The van der Waals surface area contributed by atoms with Crippen molar-refractivity contribution in [2.45, 2.75) is 44.2 Å². The van der Waals surface area contributed by atoms with Crippen molar-refractivity contribution in [2.24, 2.45) is 11.7 Å². The minimum absolute atomic E-state index is 0.00236. The van der Waals surface area contributed by atoms with E-state index in [4.69, 9.17) is 5.73 Å². The summed E-state index contributed by atoms with van der Waals surface area (Å²) < 4.78 is 3.05. The highest BCUT2D eigenvalue weighted by atomic mass is 79.9. The van der Waals surface area contributed by atoms with Gasteiger partial charge >= 0.3 is 0 Å². The Kier molecular flexibility index (Phi) is 3.21. The molecule has 104 valence electrons. The number of hydrogen-bond acceptors (Lipinski definition) is 2. The maximum atomic E-state index is 12.5. The summed E-state index contributed by atoms with van der Waals surface area (Å²) in [5.74, 6) is 0.534. The molecule has 3 rings (SSSR count). The van der Waals surface area contributed by atoms with E-state index >= 15 is 0 Å². The molecule has 0 aliphatic heterocycles. The number of aromatic nitrogens is 1. The van der Waals surface area contributed by atoms with E-state index in [1.165, 1.54) is 12.8 Å². The summed E-state index contributed by atoms with van der Waals surface area (Å²) in [7, 11) is 0. The van der Waals surface area contributed by atoms with Crippen LogP contribution >= 0.6 is 15.9 Å². The molecule has 0 saturated heterocycles. The Hall–Kier alpha value is -0.810. The van der Waals surface area contributed by atoms with E-state index in [-0.39, 0.29) is 11.4 Å². The monoisotopic (exact) mass is 325 g/mol. The lowest BCUT2D eigenvalue weighted by atomic mass is 9.96. The standard InChI is InChI=1S/C14H20BrN3O/c1-14(8-16,9-2-3-9)17-13(19)12-6-10(15)7-18(12)11-4-5-11/h6-7,9,11H,2-5,8,16H2,1H3,(H,17,19). The van der Waals surface area contributed by atoms with E-state index in [1.807, 2.05) is 12.3 Å². The molecule has 0 spiro atoms. The van der Waals surface area contributed by atoms with Crippen LogP contribution in [0.25, 0.3) is 0 Å². The summed E-state index contributed by atoms with van der Waals surface area (Å²) >= 11 is 3.46. The van der Waals surface area contributed by atoms with Gasteiger partial charge in [-0.1, -0.05) is 0 Å². The lowest BCUT2D eigenvalue weighted by Crippen LogP contribution is -2.53. The van der Waals surface area contributed by atoms with Crippen molar-refractivity contribution in [3.63, 3.8) is 0 Å². The van der Waals surface area contributed by atoms with Crippen molar-refractivity contribution in [1.29, 1.82) is 0 Å². The van der Waals surface area contributed by atoms with Crippen molar-refractivity contribution in [3.8, 4) is 0 Å². The van der Waals surface area contributed by atoms with Gasteiger partial charge in [-0.25, -0.2) is 0 Å². The minimum Gasteiger partial charge on any atom is -0.344 e. The van der Waals surface area contributed by atoms with Gasteiger partial charge in [-0.3, -0.25) is 4.79 Å². The Balaban J connectivity index is 1.79. The average molecular weight is 326 g/mol. The van der Waals surface area contributed by atoms with Crippen LogP contribution in [0.1, 0.15) is 49.1 Å². The number of nitrogens with one attached hydrogen (secondary N) is 1. The van der Waals surface area contributed by atoms with Crippen molar-refractivity contribution in [2.75, 3.05) is 6.54 Å². The highest BCUT2D eigenvalue weighted by molar-refractivity contribution is 9.10. The minimum atomic E-state index is -0.262. The number of carbonyl (C=O) groups is 1. The lowest BCUT2D eigenvalue weighted by molar-refractivity contribution is 0.0888. The van der Waals surface area contributed by atoms with Crippen molar-refractivity contribution in [1.82, 2.24) is 9.88 Å². The lowest BCUT2D eigenvalue weighted by Gasteiger charge is -2.29. The molecule has 1 heterocycles. The van der Waals surface area contributed by atoms with Gasteiger partial charge in [-0.2, -0.15) is 0 Å². The van der Waals surface area contributed by atoms with Gasteiger partial charge in [0.2, 0.25) is 0 Å². The predicted molar refractivity (Wildman–Crippen MR) is 78.1 cm³/mol. The Morgan fingerprint density at radius 2 is 2.21 bits per heavy atom. The fourth-order valence-electron chi connectivity index (χ4n) is 2.65. The van der Waals surface area contributed by atoms with Crippen molar-refractivity contribution in [3.05, 3.63) is 22.4 Å². The zero-order valence-corrected chi connectivity index (χ0v) is 12.7. The van der Waals surface area contributed by atoms with Crippen molar-refractivity contribution >= 4 is 21.8 Å². The SMILES string of the molecule is CC(CN)(NC(=O)c1cc(Br)cn1C1CC1)C1CC1. The van der Waals surface area contributed by atoms with Crippen LogP contribution in [0, 0.1) is 5.92 Å². The summed E-state index contributed by atoms with van der Waals surface area (Å²) in [6, 6.07) is 2.40. The third kappa shape index (κ3) is 2.58. The Morgan fingerprint density at radius 3 is 2.74 bits per heavy atom. The molecule has 1 aromatic rings. The van der Waals surface area contributed by atoms with Gasteiger partial charge in [0.1, 0.15) is 5.69 Å². The van der Waals surface area contributed by atoms with Crippen LogP contribution in [0.3, 0.4) is 0 Å². The van der Waals surface area contributed by atoms with Gasteiger partial charge < -0.3 is 15.6 Å². The van der Waals surface area contributed by atoms with Gasteiger partial charge in [0.25, 0.3) is 5.91 Å². The normalized spacial score (nSPS) is 22.1. The molecular formula is C14H20BrN3O. The number of hydrogen-bond donors (Lipinski definition) is 2.